The third-order valence-electron chi connectivity index (χ3n) is 6.74. The third-order valence-corrected chi connectivity index (χ3v) is 6.74. The summed E-state index contributed by atoms with van der Waals surface area (Å²) >= 11 is 0. The molecule has 4 aliphatic rings. The molecule has 12 nitrogen and oxygen atoms in total. The first-order valence-corrected chi connectivity index (χ1v) is 18.3. The Morgan fingerprint density at radius 1 is 0.458 bits per heavy atom. The van der Waals surface area contributed by atoms with Crippen LogP contribution in [-0.2, 0) is 19.2 Å². The number of nitrogens with zero attached hydrogens (tertiary/aromatic N) is 6. The summed E-state index contributed by atoms with van der Waals surface area (Å²) in [5, 5.41) is 6.40. The summed E-state index contributed by atoms with van der Waals surface area (Å²) in [5.41, 5.74) is 0. The molecular formula is C36H80N8O4. The lowest BCUT2D eigenvalue weighted by Gasteiger charge is -2.13. The minimum absolute atomic E-state index is 0.255. The lowest BCUT2D eigenvalue weighted by molar-refractivity contribution is -0.131. The van der Waals surface area contributed by atoms with E-state index < -0.39 is 0 Å². The van der Waals surface area contributed by atoms with E-state index in [-0.39, 0.29) is 23.4 Å². The van der Waals surface area contributed by atoms with Crippen molar-refractivity contribution in [2.24, 2.45) is 0 Å². The summed E-state index contributed by atoms with van der Waals surface area (Å²) in [6.45, 7) is 31.5. The van der Waals surface area contributed by atoms with Crippen molar-refractivity contribution in [3.05, 3.63) is 0 Å². The molecule has 48 heavy (non-hydrogen) atoms. The molecule has 4 rings (SSSR count). The van der Waals surface area contributed by atoms with Gasteiger partial charge in [0, 0.05) is 91.4 Å². The molecule has 0 spiro atoms. The zero-order chi connectivity index (χ0) is 37.9. The van der Waals surface area contributed by atoms with Gasteiger partial charge in [0.15, 0.2) is 0 Å². The number of hydrogen-bond acceptors (Lipinski definition) is 10. The topological polar surface area (TPSA) is 112 Å². The first kappa shape index (κ1) is 52.8. The van der Waals surface area contributed by atoms with Crippen molar-refractivity contribution in [1.82, 2.24) is 40.0 Å². The number of carbonyl (C=O) groups is 4. The number of nitrogens with one attached hydrogen (secondary N) is 2. The Morgan fingerprint density at radius 3 is 0.833 bits per heavy atom. The fourth-order valence-corrected chi connectivity index (χ4v) is 3.54. The van der Waals surface area contributed by atoms with E-state index in [0.29, 0.717) is 25.7 Å². The number of amides is 2. The molecule has 2 N–H and O–H groups in total. The van der Waals surface area contributed by atoms with Gasteiger partial charge in [-0.1, -0.05) is 68.2 Å². The summed E-state index contributed by atoms with van der Waals surface area (Å²) in [6, 6.07) is 0. The molecule has 4 fully saturated rings. The maximum absolute atomic E-state index is 11.1. The quantitative estimate of drug-likeness (QED) is 0.450. The van der Waals surface area contributed by atoms with Crippen LogP contribution in [-0.4, -0.2) is 160 Å². The fourth-order valence-electron chi connectivity index (χ4n) is 3.54. The minimum atomic E-state index is 0.255. The van der Waals surface area contributed by atoms with Gasteiger partial charge in [0.05, 0.1) is 13.3 Å². The van der Waals surface area contributed by atoms with Crippen molar-refractivity contribution < 1.29 is 19.2 Å². The van der Waals surface area contributed by atoms with Gasteiger partial charge >= 0.3 is 0 Å². The van der Waals surface area contributed by atoms with Gasteiger partial charge in [0.25, 0.3) is 0 Å². The van der Waals surface area contributed by atoms with Crippen LogP contribution in [0.25, 0.3) is 0 Å². The molecule has 0 unspecified atom stereocenters. The summed E-state index contributed by atoms with van der Waals surface area (Å²) in [5.74, 6) is 1.05. The highest BCUT2D eigenvalue weighted by molar-refractivity contribution is 5.76. The van der Waals surface area contributed by atoms with E-state index in [9.17, 15) is 19.2 Å². The van der Waals surface area contributed by atoms with Crippen molar-refractivity contribution in [3.63, 3.8) is 0 Å². The Hall–Kier alpha value is -1.96. The molecule has 12 heteroatoms. The number of carbonyl (C=O) groups excluding carboxylic acids is 4. The van der Waals surface area contributed by atoms with E-state index >= 15 is 0 Å². The highest BCUT2D eigenvalue weighted by Crippen LogP contribution is 2.04. The van der Waals surface area contributed by atoms with E-state index in [1.54, 1.807) is 13.8 Å². The highest BCUT2D eigenvalue weighted by atomic mass is 16.2. The molecule has 0 aromatic heterocycles. The molecule has 0 aliphatic carbocycles. The molecule has 0 bridgehead atoms. The predicted molar refractivity (Wildman–Crippen MR) is 204 cm³/mol. The van der Waals surface area contributed by atoms with Gasteiger partial charge in [-0.15, -0.1) is 0 Å². The van der Waals surface area contributed by atoms with Crippen molar-refractivity contribution in [1.29, 1.82) is 0 Å². The van der Waals surface area contributed by atoms with Crippen LogP contribution in [0.1, 0.15) is 108 Å². The SMILES string of the molecule is CCC.CCC.CCC(=O)N1CCN(C)C1.CCC(=O)N1CCN(C)C1.CCC(C)=O.CCC(C)=O.CN1CCNC1.CN1CCNC1. The lowest BCUT2D eigenvalue weighted by Crippen LogP contribution is -2.29. The highest BCUT2D eigenvalue weighted by Gasteiger charge is 2.20. The van der Waals surface area contributed by atoms with E-state index in [0.717, 1.165) is 65.9 Å². The van der Waals surface area contributed by atoms with Gasteiger partial charge in [-0.25, -0.2) is 0 Å². The van der Waals surface area contributed by atoms with E-state index in [1.165, 1.54) is 25.9 Å². The van der Waals surface area contributed by atoms with Crippen LogP contribution in [0.15, 0.2) is 0 Å². The average Bonchev–Trinajstić information content (AvgIpc) is 3.89. The Bertz CT molecular complexity index is 698. The normalized spacial score (nSPS) is 17.0. The van der Waals surface area contributed by atoms with Crippen LogP contribution in [0.4, 0.5) is 0 Å². The molecule has 0 aromatic rings. The molecule has 288 valence electrons. The minimum Gasteiger partial charge on any atom is -0.328 e. The summed E-state index contributed by atoms with van der Waals surface area (Å²) in [6.07, 6.45) is 5.10. The number of likely N-dealkylation sites (N-methyl/N-ethyl adjacent to an activating group) is 4. The molecule has 0 atom stereocenters. The van der Waals surface area contributed by atoms with E-state index in [4.69, 9.17) is 0 Å². The number of Topliss-reactive ketones (excluding diaryl/α,β-unsaturated/α-hetero) is 2. The lowest BCUT2D eigenvalue weighted by atomic mass is 10.4. The first-order chi connectivity index (χ1) is 22.6. The van der Waals surface area contributed by atoms with Gasteiger partial charge in [-0.05, 0) is 42.0 Å². The second-order valence-electron chi connectivity index (χ2n) is 12.5. The summed E-state index contributed by atoms with van der Waals surface area (Å²) in [4.78, 5) is 54.3. The molecule has 0 aromatic carbocycles. The number of rotatable bonds is 4. The zero-order valence-corrected chi connectivity index (χ0v) is 34.0. The maximum atomic E-state index is 11.1. The monoisotopic (exact) mass is 689 g/mol. The van der Waals surface area contributed by atoms with Crippen LogP contribution in [0, 0.1) is 0 Å². The zero-order valence-electron chi connectivity index (χ0n) is 34.0. The van der Waals surface area contributed by atoms with E-state index in [1.807, 2.05) is 51.6 Å². The molecular weight excluding hydrogens is 608 g/mol. The summed E-state index contributed by atoms with van der Waals surface area (Å²) in [7, 11) is 8.28. The average molecular weight is 689 g/mol. The van der Waals surface area contributed by atoms with Crippen LogP contribution >= 0.6 is 0 Å². The van der Waals surface area contributed by atoms with Gasteiger partial charge < -0.3 is 30.0 Å². The van der Waals surface area contributed by atoms with E-state index in [2.05, 4.69) is 72.0 Å². The fraction of sp³-hybridized carbons (Fsp3) is 0.889. The van der Waals surface area contributed by atoms with Crippen LogP contribution in [0.3, 0.4) is 0 Å². The molecule has 2 amide bonds. The summed E-state index contributed by atoms with van der Waals surface area (Å²) < 4.78 is 0. The van der Waals surface area contributed by atoms with Crippen molar-refractivity contribution in [2.75, 3.05) is 107 Å². The van der Waals surface area contributed by atoms with Crippen LogP contribution < -0.4 is 10.6 Å². The second kappa shape index (κ2) is 37.9. The standard InChI is InChI=1S/2C7H14N2O.2C4H10N2.2C4H8O.2C3H8/c2*1-3-7(10)9-5-4-8(2)6-9;2*1-6-3-2-5-4-6;2*1-3-4(2)5;2*1-3-2/h2*3-6H2,1-2H3;2*5H,2-4H2,1H3;2*3H2,1-2H3;2*3H2,1-2H3. The van der Waals surface area contributed by atoms with Gasteiger partial charge in [-0.3, -0.25) is 29.2 Å². The smallest absolute Gasteiger partial charge is 0.223 e. The maximum Gasteiger partial charge on any atom is 0.223 e. The van der Waals surface area contributed by atoms with Crippen LogP contribution in [0.2, 0.25) is 0 Å². The van der Waals surface area contributed by atoms with Gasteiger partial charge in [0.2, 0.25) is 11.8 Å². The molecule has 0 radical (unpaired) electrons. The first-order valence-electron chi connectivity index (χ1n) is 18.3. The second-order valence-corrected chi connectivity index (χ2v) is 12.5. The number of hydrogen-bond donors (Lipinski definition) is 2. The van der Waals surface area contributed by atoms with Gasteiger partial charge in [-0.2, -0.15) is 0 Å². The Kier molecular flexibility index (Phi) is 41.7. The van der Waals surface area contributed by atoms with Crippen molar-refractivity contribution in [3.8, 4) is 0 Å². The number of ketones is 2. The molecule has 4 saturated heterocycles. The Labute approximate surface area is 297 Å². The third kappa shape index (κ3) is 38.5. The van der Waals surface area contributed by atoms with Crippen LogP contribution in [0.5, 0.6) is 0 Å². The molecule has 4 aliphatic heterocycles. The Balaban J connectivity index is -0.000000239. The van der Waals surface area contributed by atoms with Crippen molar-refractivity contribution >= 4 is 23.4 Å². The molecule has 0 saturated carbocycles. The van der Waals surface area contributed by atoms with Crippen molar-refractivity contribution in [2.45, 2.75) is 108 Å². The molecule has 4 heterocycles. The largest absolute Gasteiger partial charge is 0.328 e. The predicted octanol–water partition coefficient (Wildman–Crippen LogP) is 4.02. The Morgan fingerprint density at radius 2 is 0.729 bits per heavy atom. The van der Waals surface area contributed by atoms with Gasteiger partial charge in [0.1, 0.15) is 11.6 Å².